The number of rotatable bonds is 4. The maximum absolute atomic E-state index is 12.1. The van der Waals surface area contributed by atoms with Crippen molar-refractivity contribution in [3.05, 3.63) is 53.0 Å². The summed E-state index contributed by atoms with van der Waals surface area (Å²) in [6.07, 6.45) is 4.77. The molecule has 0 saturated carbocycles. The van der Waals surface area contributed by atoms with Crippen LogP contribution in [0.15, 0.2) is 42.2 Å². The van der Waals surface area contributed by atoms with Gasteiger partial charge in [-0.25, -0.2) is 19.9 Å². The Morgan fingerprint density at radius 1 is 1.14 bits per heavy atom. The zero-order valence-electron chi connectivity index (χ0n) is 11.0. The second-order valence-electron chi connectivity index (χ2n) is 4.03. The molecule has 3 rings (SSSR count). The molecule has 2 N–H and O–H groups in total. The molecule has 0 radical (unpaired) electrons. The first-order valence-corrected chi connectivity index (χ1v) is 7.39. The molecule has 0 bridgehead atoms. The van der Waals surface area contributed by atoms with Gasteiger partial charge in [0.1, 0.15) is 5.69 Å². The number of hydrogen-bond donors (Lipinski definition) is 2. The monoisotopic (exact) mass is 332 g/mol. The highest BCUT2D eigenvalue weighted by atomic mass is 35.5. The second-order valence-corrected chi connectivity index (χ2v) is 5.25. The van der Waals surface area contributed by atoms with Crippen LogP contribution in [0.2, 0.25) is 5.15 Å². The predicted molar refractivity (Wildman–Crippen MR) is 84.6 cm³/mol. The fourth-order valence-corrected chi connectivity index (χ4v) is 2.41. The van der Waals surface area contributed by atoms with Gasteiger partial charge in [0, 0.05) is 24.0 Å². The van der Waals surface area contributed by atoms with Crippen LogP contribution in [-0.2, 0) is 0 Å². The summed E-state index contributed by atoms with van der Waals surface area (Å²) in [7, 11) is 0. The number of nitrogens with zero attached hydrogens (tertiary/aromatic N) is 4. The third-order valence-electron chi connectivity index (χ3n) is 2.53. The van der Waals surface area contributed by atoms with Gasteiger partial charge in [-0.3, -0.25) is 4.79 Å². The number of aromatic nitrogens is 4. The summed E-state index contributed by atoms with van der Waals surface area (Å²) < 4.78 is 0. The lowest BCUT2D eigenvalue weighted by atomic mass is 10.4. The molecule has 0 unspecified atom stereocenters. The molecule has 0 fully saturated rings. The summed E-state index contributed by atoms with van der Waals surface area (Å²) in [5, 5.41) is 7.95. The van der Waals surface area contributed by atoms with Gasteiger partial charge < -0.3 is 10.6 Å². The number of pyridine rings is 1. The van der Waals surface area contributed by atoms with E-state index in [0.717, 1.165) is 0 Å². The predicted octanol–water partition coefficient (Wildman–Crippen LogP) is 2.98. The topological polar surface area (TPSA) is 92.7 Å². The standard InChI is InChI=1S/C13H9ClN6OS/c14-10-8(3-1-4-15-10)18-11(21)9-7-22-13(19-9)20-12-16-5-2-6-17-12/h1-7H,(H,18,21)(H,16,17,19,20). The van der Waals surface area contributed by atoms with Gasteiger partial charge in [0.2, 0.25) is 5.95 Å². The van der Waals surface area contributed by atoms with Crippen LogP contribution in [-0.4, -0.2) is 25.8 Å². The lowest BCUT2D eigenvalue weighted by Crippen LogP contribution is -2.13. The van der Waals surface area contributed by atoms with Crippen molar-refractivity contribution in [1.82, 2.24) is 19.9 Å². The highest BCUT2D eigenvalue weighted by Crippen LogP contribution is 2.21. The molecule has 0 aliphatic carbocycles. The molecule has 7 nitrogen and oxygen atoms in total. The quantitative estimate of drug-likeness (QED) is 0.713. The van der Waals surface area contributed by atoms with Gasteiger partial charge in [0.05, 0.1) is 5.69 Å². The molecule has 0 atom stereocenters. The number of nitrogens with one attached hydrogen (secondary N) is 2. The van der Waals surface area contributed by atoms with Gasteiger partial charge in [-0.2, -0.15) is 0 Å². The minimum absolute atomic E-state index is 0.224. The lowest BCUT2D eigenvalue weighted by Gasteiger charge is -2.03. The van der Waals surface area contributed by atoms with Crippen LogP contribution in [0.1, 0.15) is 10.5 Å². The summed E-state index contributed by atoms with van der Waals surface area (Å²) in [6.45, 7) is 0. The molecule has 0 saturated heterocycles. The second kappa shape index (κ2) is 6.46. The zero-order valence-corrected chi connectivity index (χ0v) is 12.6. The Hall–Kier alpha value is -2.58. The van der Waals surface area contributed by atoms with Crippen molar-refractivity contribution in [2.45, 2.75) is 0 Å². The number of carbonyl (C=O) groups excluding carboxylic acids is 1. The van der Waals surface area contributed by atoms with E-state index in [4.69, 9.17) is 11.6 Å². The first-order chi connectivity index (χ1) is 10.7. The molecule has 3 aromatic heterocycles. The maximum atomic E-state index is 12.1. The molecule has 0 aliphatic rings. The van der Waals surface area contributed by atoms with E-state index in [1.54, 1.807) is 42.2 Å². The summed E-state index contributed by atoms with van der Waals surface area (Å²) in [4.78, 5) is 28.2. The SMILES string of the molecule is O=C(Nc1cccnc1Cl)c1csc(Nc2ncccn2)n1. The molecule has 9 heteroatoms. The van der Waals surface area contributed by atoms with Crippen LogP contribution in [0.5, 0.6) is 0 Å². The van der Waals surface area contributed by atoms with Gasteiger partial charge in [-0.1, -0.05) is 11.6 Å². The summed E-state index contributed by atoms with van der Waals surface area (Å²) in [6, 6.07) is 5.06. The molecule has 0 spiro atoms. The first kappa shape index (κ1) is 14.4. The Morgan fingerprint density at radius 2 is 1.91 bits per heavy atom. The Morgan fingerprint density at radius 3 is 2.68 bits per heavy atom. The molecular formula is C13H9ClN6OS. The summed E-state index contributed by atoms with van der Waals surface area (Å²) in [5.41, 5.74) is 0.700. The van der Waals surface area contributed by atoms with Crippen LogP contribution in [0.25, 0.3) is 0 Å². The Balaban J connectivity index is 1.71. The molecular weight excluding hydrogens is 324 g/mol. The minimum Gasteiger partial charge on any atom is -0.318 e. The molecule has 0 aromatic carbocycles. The molecule has 110 valence electrons. The maximum Gasteiger partial charge on any atom is 0.275 e. The van der Waals surface area contributed by atoms with Crippen molar-refractivity contribution in [1.29, 1.82) is 0 Å². The van der Waals surface area contributed by atoms with E-state index < -0.39 is 0 Å². The van der Waals surface area contributed by atoms with Crippen LogP contribution in [0.3, 0.4) is 0 Å². The van der Waals surface area contributed by atoms with Crippen molar-refractivity contribution in [3.8, 4) is 0 Å². The average molecular weight is 333 g/mol. The number of thiazole rings is 1. The Labute approximate surface area is 134 Å². The number of hydrogen-bond acceptors (Lipinski definition) is 7. The van der Waals surface area contributed by atoms with E-state index in [1.807, 2.05) is 0 Å². The fraction of sp³-hybridized carbons (Fsp3) is 0. The summed E-state index contributed by atoms with van der Waals surface area (Å²) in [5.74, 6) is 0.0484. The van der Waals surface area contributed by atoms with Crippen molar-refractivity contribution in [3.63, 3.8) is 0 Å². The lowest BCUT2D eigenvalue weighted by molar-refractivity contribution is 0.102. The largest absolute Gasteiger partial charge is 0.318 e. The van der Waals surface area contributed by atoms with Crippen molar-refractivity contribution >= 4 is 45.6 Å². The van der Waals surface area contributed by atoms with Gasteiger partial charge >= 0.3 is 0 Å². The van der Waals surface area contributed by atoms with Gasteiger partial charge in [0.15, 0.2) is 10.3 Å². The van der Waals surface area contributed by atoms with Crippen LogP contribution < -0.4 is 10.6 Å². The number of amides is 1. The summed E-state index contributed by atoms with van der Waals surface area (Å²) >= 11 is 7.17. The van der Waals surface area contributed by atoms with E-state index in [-0.39, 0.29) is 16.8 Å². The molecule has 3 heterocycles. The van der Waals surface area contributed by atoms with Gasteiger partial charge in [-0.15, -0.1) is 11.3 Å². The van der Waals surface area contributed by atoms with Crippen molar-refractivity contribution in [2.75, 3.05) is 10.6 Å². The van der Waals surface area contributed by atoms with Crippen LogP contribution >= 0.6 is 22.9 Å². The van der Waals surface area contributed by atoms with Crippen LogP contribution in [0, 0.1) is 0 Å². The zero-order chi connectivity index (χ0) is 15.4. The molecule has 22 heavy (non-hydrogen) atoms. The van der Waals surface area contributed by atoms with E-state index in [2.05, 4.69) is 30.6 Å². The van der Waals surface area contributed by atoms with Crippen molar-refractivity contribution < 1.29 is 4.79 Å². The van der Waals surface area contributed by atoms with Crippen molar-refractivity contribution in [2.24, 2.45) is 0 Å². The third-order valence-corrected chi connectivity index (χ3v) is 3.59. The van der Waals surface area contributed by atoms with E-state index >= 15 is 0 Å². The highest BCUT2D eigenvalue weighted by Gasteiger charge is 2.13. The van der Waals surface area contributed by atoms with E-state index in [0.29, 0.717) is 16.8 Å². The Kier molecular flexibility index (Phi) is 4.22. The van der Waals surface area contributed by atoms with Crippen LogP contribution in [0.4, 0.5) is 16.8 Å². The molecule has 3 aromatic rings. The first-order valence-electron chi connectivity index (χ1n) is 6.14. The minimum atomic E-state index is -0.367. The third kappa shape index (κ3) is 3.35. The highest BCUT2D eigenvalue weighted by molar-refractivity contribution is 7.14. The van der Waals surface area contributed by atoms with E-state index in [1.165, 1.54) is 11.3 Å². The number of anilines is 3. The average Bonchev–Trinajstić information content (AvgIpc) is 2.99. The Bertz CT molecular complexity index is 794. The number of carbonyl (C=O) groups is 1. The normalized spacial score (nSPS) is 10.2. The molecule has 0 aliphatic heterocycles. The van der Waals surface area contributed by atoms with E-state index in [9.17, 15) is 4.79 Å². The number of halogens is 1. The fourth-order valence-electron chi connectivity index (χ4n) is 1.56. The molecule has 1 amide bonds. The van der Waals surface area contributed by atoms with Gasteiger partial charge in [-0.05, 0) is 18.2 Å². The van der Waals surface area contributed by atoms with Gasteiger partial charge in [0.25, 0.3) is 5.91 Å². The smallest absolute Gasteiger partial charge is 0.275 e.